The van der Waals surface area contributed by atoms with Gasteiger partial charge in [0.05, 0.1) is 5.88 Å². The second kappa shape index (κ2) is 5.87. The number of aryl methyl sites for hydroxylation is 1. The standard InChI is InChI=1S/C15H14ClFO/c1-11-2-4-12(5-3-11)10-18-15-7-6-14(17)8-13(15)9-16/h2-8H,9-10H2,1H3. The van der Waals surface area contributed by atoms with E-state index in [4.69, 9.17) is 16.3 Å². The van der Waals surface area contributed by atoms with Crippen molar-refractivity contribution in [3.05, 3.63) is 65.0 Å². The first-order valence-corrected chi connectivity index (χ1v) is 6.25. The van der Waals surface area contributed by atoms with Crippen molar-refractivity contribution in [2.45, 2.75) is 19.4 Å². The van der Waals surface area contributed by atoms with Gasteiger partial charge in [0.25, 0.3) is 0 Å². The quantitative estimate of drug-likeness (QED) is 0.741. The Morgan fingerprint density at radius 3 is 2.50 bits per heavy atom. The molecule has 0 bridgehead atoms. The van der Waals surface area contributed by atoms with Gasteiger partial charge in [0, 0.05) is 5.56 Å². The summed E-state index contributed by atoms with van der Waals surface area (Å²) in [6.45, 7) is 2.49. The third-order valence-electron chi connectivity index (χ3n) is 2.68. The summed E-state index contributed by atoms with van der Waals surface area (Å²) in [6.07, 6.45) is 0. The van der Waals surface area contributed by atoms with Crippen molar-refractivity contribution < 1.29 is 9.13 Å². The molecule has 0 aromatic heterocycles. The Balaban J connectivity index is 2.08. The second-order valence-corrected chi connectivity index (χ2v) is 4.43. The Hall–Kier alpha value is -1.54. The molecule has 0 aliphatic carbocycles. The molecule has 0 saturated carbocycles. The maximum Gasteiger partial charge on any atom is 0.124 e. The number of benzene rings is 2. The molecule has 0 fully saturated rings. The number of hydrogen-bond donors (Lipinski definition) is 0. The average Bonchev–Trinajstić information content (AvgIpc) is 2.39. The lowest BCUT2D eigenvalue weighted by Gasteiger charge is -2.10. The summed E-state index contributed by atoms with van der Waals surface area (Å²) in [4.78, 5) is 0. The van der Waals surface area contributed by atoms with E-state index in [0.717, 1.165) is 5.56 Å². The lowest BCUT2D eigenvalue weighted by Crippen LogP contribution is -1.98. The Kier molecular flexibility index (Phi) is 4.21. The number of halogens is 2. The molecule has 0 heterocycles. The summed E-state index contributed by atoms with van der Waals surface area (Å²) >= 11 is 5.76. The molecule has 0 saturated heterocycles. The minimum absolute atomic E-state index is 0.237. The van der Waals surface area contributed by atoms with Gasteiger partial charge in [0.1, 0.15) is 18.2 Å². The number of ether oxygens (including phenoxy) is 1. The van der Waals surface area contributed by atoms with E-state index in [0.29, 0.717) is 17.9 Å². The van der Waals surface area contributed by atoms with Crippen LogP contribution in [0.5, 0.6) is 5.75 Å². The highest BCUT2D eigenvalue weighted by Crippen LogP contribution is 2.22. The van der Waals surface area contributed by atoms with Crippen LogP contribution in [0.2, 0.25) is 0 Å². The van der Waals surface area contributed by atoms with Crippen LogP contribution in [0.25, 0.3) is 0 Å². The molecule has 1 nitrogen and oxygen atoms in total. The Bertz CT molecular complexity index is 523. The van der Waals surface area contributed by atoms with Crippen LogP contribution in [-0.4, -0.2) is 0 Å². The Morgan fingerprint density at radius 2 is 1.83 bits per heavy atom. The van der Waals surface area contributed by atoms with E-state index in [9.17, 15) is 4.39 Å². The van der Waals surface area contributed by atoms with Crippen molar-refractivity contribution in [2.75, 3.05) is 0 Å². The zero-order chi connectivity index (χ0) is 13.0. The van der Waals surface area contributed by atoms with E-state index in [1.54, 1.807) is 6.07 Å². The monoisotopic (exact) mass is 264 g/mol. The molecule has 94 valence electrons. The molecule has 0 spiro atoms. The first-order chi connectivity index (χ1) is 8.69. The van der Waals surface area contributed by atoms with E-state index in [1.807, 2.05) is 31.2 Å². The van der Waals surface area contributed by atoms with Crippen molar-refractivity contribution in [3.63, 3.8) is 0 Å². The molecule has 0 aliphatic heterocycles. The predicted octanol–water partition coefficient (Wildman–Crippen LogP) is 4.45. The van der Waals surface area contributed by atoms with Gasteiger partial charge in [-0.3, -0.25) is 0 Å². The lowest BCUT2D eigenvalue weighted by atomic mass is 10.1. The fourth-order valence-corrected chi connectivity index (χ4v) is 1.85. The summed E-state index contributed by atoms with van der Waals surface area (Å²) in [5, 5.41) is 0. The lowest BCUT2D eigenvalue weighted by molar-refractivity contribution is 0.303. The molecule has 0 radical (unpaired) electrons. The third kappa shape index (κ3) is 3.23. The van der Waals surface area contributed by atoms with Gasteiger partial charge in [-0.1, -0.05) is 29.8 Å². The molecule has 0 atom stereocenters. The normalized spacial score (nSPS) is 10.4. The molecular formula is C15H14ClFO. The van der Waals surface area contributed by atoms with E-state index in [1.165, 1.54) is 17.7 Å². The first kappa shape index (κ1) is 12.9. The maximum absolute atomic E-state index is 13.0. The fraction of sp³-hybridized carbons (Fsp3) is 0.200. The van der Waals surface area contributed by atoms with E-state index in [2.05, 4.69) is 0 Å². The van der Waals surface area contributed by atoms with Crippen LogP contribution in [-0.2, 0) is 12.5 Å². The minimum Gasteiger partial charge on any atom is -0.489 e. The predicted molar refractivity (Wildman–Crippen MR) is 71.5 cm³/mol. The average molecular weight is 265 g/mol. The maximum atomic E-state index is 13.0. The van der Waals surface area contributed by atoms with Crippen molar-refractivity contribution in [1.29, 1.82) is 0 Å². The van der Waals surface area contributed by atoms with Crippen molar-refractivity contribution in [3.8, 4) is 5.75 Å². The number of alkyl halides is 1. The Morgan fingerprint density at radius 1 is 1.11 bits per heavy atom. The van der Waals surface area contributed by atoms with Crippen molar-refractivity contribution >= 4 is 11.6 Å². The summed E-state index contributed by atoms with van der Waals surface area (Å²) in [5.74, 6) is 0.571. The fourth-order valence-electron chi connectivity index (χ4n) is 1.64. The largest absolute Gasteiger partial charge is 0.489 e. The molecule has 2 aromatic carbocycles. The Labute approximate surface area is 111 Å². The van der Waals surface area contributed by atoms with Crippen LogP contribution >= 0.6 is 11.6 Å². The van der Waals surface area contributed by atoms with Crippen molar-refractivity contribution in [2.24, 2.45) is 0 Å². The second-order valence-electron chi connectivity index (χ2n) is 4.16. The van der Waals surface area contributed by atoms with Crippen LogP contribution in [0.4, 0.5) is 4.39 Å². The van der Waals surface area contributed by atoms with Gasteiger partial charge >= 0.3 is 0 Å². The van der Waals surface area contributed by atoms with Crippen LogP contribution in [0.15, 0.2) is 42.5 Å². The molecule has 0 aliphatic rings. The van der Waals surface area contributed by atoms with Gasteiger partial charge in [-0.05, 0) is 30.7 Å². The van der Waals surface area contributed by atoms with E-state index in [-0.39, 0.29) is 11.7 Å². The van der Waals surface area contributed by atoms with Crippen LogP contribution in [0.1, 0.15) is 16.7 Å². The summed E-state index contributed by atoms with van der Waals surface area (Å²) < 4.78 is 18.7. The number of hydrogen-bond acceptors (Lipinski definition) is 1. The number of rotatable bonds is 4. The molecule has 0 N–H and O–H groups in total. The molecule has 0 amide bonds. The van der Waals surface area contributed by atoms with Gasteiger partial charge in [0.2, 0.25) is 0 Å². The van der Waals surface area contributed by atoms with Gasteiger partial charge in [-0.2, -0.15) is 0 Å². The van der Waals surface area contributed by atoms with Crippen molar-refractivity contribution in [1.82, 2.24) is 0 Å². The first-order valence-electron chi connectivity index (χ1n) is 5.72. The molecule has 18 heavy (non-hydrogen) atoms. The molecule has 3 heteroatoms. The van der Waals surface area contributed by atoms with Gasteiger partial charge in [-0.15, -0.1) is 11.6 Å². The zero-order valence-corrected chi connectivity index (χ0v) is 10.9. The van der Waals surface area contributed by atoms with E-state index >= 15 is 0 Å². The molecule has 2 aromatic rings. The smallest absolute Gasteiger partial charge is 0.124 e. The topological polar surface area (TPSA) is 9.23 Å². The highest BCUT2D eigenvalue weighted by atomic mass is 35.5. The van der Waals surface area contributed by atoms with Crippen LogP contribution in [0, 0.1) is 12.7 Å². The molecule has 0 unspecified atom stereocenters. The van der Waals surface area contributed by atoms with E-state index < -0.39 is 0 Å². The van der Waals surface area contributed by atoms with Crippen LogP contribution in [0.3, 0.4) is 0 Å². The summed E-state index contributed by atoms with van der Waals surface area (Å²) in [5.41, 5.74) is 2.95. The SMILES string of the molecule is Cc1ccc(COc2ccc(F)cc2CCl)cc1. The summed E-state index contributed by atoms with van der Waals surface area (Å²) in [7, 11) is 0. The molecule has 2 rings (SSSR count). The minimum atomic E-state index is -0.298. The zero-order valence-electron chi connectivity index (χ0n) is 10.1. The highest BCUT2D eigenvalue weighted by Gasteiger charge is 2.04. The van der Waals surface area contributed by atoms with Crippen LogP contribution < -0.4 is 4.74 Å². The third-order valence-corrected chi connectivity index (χ3v) is 2.97. The summed E-state index contributed by atoms with van der Waals surface area (Å²) in [6, 6.07) is 12.5. The van der Waals surface area contributed by atoms with Gasteiger partial charge in [-0.25, -0.2) is 4.39 Å². The van der Waals surface area contributed by atoms with Gasteiger partial charge < -0.3 is 4.74 Å². The van der Waals surface area contributed by atoms with Gasteiger partial charge in [0.15, 0.2) is 0 Å². The molecular weight excluding hydrogens is 251 g/mol. The highest BCUT2D eigenvalue weighted by molar-refractivity contribution is 6.17.